The number of fused-ring (bicyclic) bond motifs is 1. The summed E-state index contributed by atoms with van der Waals surface area (Å²) in [5, 5.41) is 5.43. The van der Waals surface area contributed by atoms with E-state index in [1.54, 1.807) is 16.7 Å². The standard InChI is InChI=1S/C21H19N5OS/c1-14-9-10-25-18(11-14)22-16(12-19(25)27)13-28-21-23-20(15-7-8-15)26(24-21)17-5-3-2-4-6-17/h2-6,9-12,15H,7-8,13H2,1H3. The number of benzene rings is 1. The van der Waals surface area contributed by atoms with Crippen LogP contribution in [0.25, 0.3) is 11.3 Å². The van der Waals surface area contributed by atoms with Gasteiger partial charge in [0.05, 0.1) is 11.4 Å². The van der Waals surface area contributed by atoms with E-state index in [0.717, 1.165) is 40.8 Å². The lowest BCUT2D eigenvalue weighted by atomic mass is 10.3. The van der Waals surface area contributed by atoms with Crippen LogP contribution < -0.4 is 5.56 Å². The second-order valence-electron chi connectivity index (χ2n) is 7.08. The lowest BCUT2D eigenvalue weighted by Crippen LogP contribution is -2.15. The first kappa shape index (κ1) is 17.2. The van der Waals surface area contributed by atoms with Gasteiger partial charge in [-0.2, -0.15) is 0 Å². The van der Waals surface area contributed by atoms with Gasteiger partial charge in [0.1, 0.15) is 11.5 Å². The zero-order valence-corrected chi connectivity index (χ0v) is 16.3. The SMILES string of the molecule is Cc1ccn2c(=O)cc(CSc3nc(C4CC4)n(-c4ccccc4)n3)nc2c1. The molecule has 0 spiro atoms. The third kappa shape index (κ3) is 3.33. The van der Waals surface area contributed by atoms with Crippen LogP contribution in [0.3, 0.4) is 0 Å². The van der Waals surface area contributed by atoms with Gasteiger partial charge in [0.15, 0.2) is 0 Å². The molecule has 1 aromatic carbocycles. The largest absolute Gasteiger partial charge is 0.269 e. The fourth-order valence-electron chi connectivity index (χ4n) is 3.20. The molecule has 1 aliphatic rings. The molecule has 4 aromatic rings. The summed E-state index contributed by atoms with van der Waals surface area (Å²) in [6.45, 7) is 1.99. The number of hydrogen-bond donors (Lipinski definition) is 0. The van der Waals surface area contributed by atoms with E-state index in [9.17, 15) is 4.79 Å². The van der Waals surface area contributed by atoms with Gasteiger partial charge in [-0.1, -0.05) is 30.0 Å². The van der Waals surface area contributed by atoms with Gasteiger partial charge in [-0.3, -0.25) is 9.20 Å². The van der Waals surface area contributed by atoms with E-state index in [0.29, 0.717) is 17.3 Å². The number of rotatable bonds is 5. The van der Waals surface area contributed by atoms with Crippen molar-refractivity contribution >= 4 is 17.4 Å². The van der Waals surface area contributed by atoms with Crippen molar-refractivity contribution in [3.05, 3.63) is 82.2 Å². The molecule has 1 fully saturated rings. The molecule has 1 saturated carbocycles. The number of aryl methyl sites for hydroxylation is 1. The molecule has 0 N–H and O–H groups in total. The van der Waals surface area contributed by atoms with Crippen LogP contribution >= 0.6 is 11.8 Å². The average Bonchev–Trinajstić information content (AvgIpc) is 3.46. The first-order chi connectivity index (χ1) is 13.7. The zero-order valence-electron chi connectivity index (χ0n) is 15.4. The van der Waals surface area contributed by atoms with Crippen LogP contribution in [0, 0.1) is 6.92 Å². The fourth-order valence-corrected chi connectivity index (χ4v) is 3.92. The summed E-state index contributed by atoms with van der Waals surface area (Å²) >= 11 is 1.52. The minimum Gasteiger partial charge on any atom is -0.269 e. The van der Waals surface area contributed by atoms with Crippen LogP contribution in [-0.4, -0.2) is 24.1 Å². The number of hydrogen-bond acceptors (Lipinski definition) is 5. The Labute approximate surface area is 166 Å². The van der Waals surface area contributed by atoms with Gasteiger partial charge >= 0.3 is 0 Å². The van der Waals surface area contributed by atoms with E-state index in [1.807, 2.05) is 54.1 Å². The van der Waals surface area contributed by atoms with Crippen molar-refractivity contribution in [1.82, 2.24) is 24.1 Å². The summed E-state index contributed by atoms with van der Waals surface area (Å²) in [6.07, 6.45) is 4.10. The Bertz CT molecular complexity index is 1210. The molecule has 1 aliphatic carbocycles. The number of aromatic nitrogens is 5. The van der Waals surface area contributed by atoms with E-state index in [2.05, 4.69) is 4.98 Å². The topological polar surface area (TPSA) is 65.1 Å². The molecular weight excluding hydrogens is 370 g/mol. The Hall–Kier alpha value is -2.93. The molecule has 0 saturated heterocycles. The number of nitrogens with zero attached hydrogens (tertiary/aromatic N) is 5. The number of thioether (sulfide) groups is 1. The molecule has 5 rings (SSSR count). The molecule has 0 radical (unpaired) electrons. The highest BCUT2D eigenvalue weighted by Gasteiger charge is 2.30. The van der Waals surface area contributed by atoms with E-state index < -0.39 is 0 Å². The first-order valence-corrected chi connectivity index (χ1v) is 10.3. The third-order valence-electron chi connectivity index (χ3n) is 4.78. The summed E-state index contributed by atoms with van der Waals surface area (Å²) < 4.78 is 3.51. The predicted octanol–water partition coefficient (Wildman–Crippen LogP) is 3.75. The van der Waals surface area contributed by atoms with Crippen molar-refractivity contribution in [3.8, 4) is 5.69 Å². The van der Waals surface area contributed by atoms with Crippen molar-refractivity contribution in [2.75, 3.05) is 0 Å². The molecule has 0 amide bonds. The van der Waals surface area contributed by atoms with Gasteiger partial charge in [0.2, 0.25) is 5.16 Å². The van der Waals surface area contributed by atoms with E-state index in [1.165, 1.54) is 11.8 Å². The zero-order chi connectivity index (χ0) is 19.1. The van der Waals surface area contributed by atoms with Crippen LogP contribution in [0.5, 0.6) is 0 Å². The molecule has 0 unspecified atom stereocenters. The third-order valence-corrected chi connectivity index (χ3v) is 5.65. The summed E-state index contributed by atoms with van der Waals surface area (Å²) in [4.78, 5) is 21.7. The minimum absolute atomic E-state index is 0.0676. The molecule has 28 heavy (non-hydrogen) atoms. The summed E-state index contributed by atoms with van der Waals surface area (Å²) in [6, 6.07) is 15.5. The van der Waals surface area contributed by atoms with Crippen LogP contribution in [0.4, 0.5) is 0 Å². The monoisotopic (exact) mass is 389 g/mol. The summed E-state index contributed by atoms with van der Waals surface area (Å²) in [7, 11) is 0. The molecule has 3 heterocycles. The molecule has 7 heteroatoms. The van der Waals surface area contributed by atoms with Crippen molar-refractivity contribution in [1.29, 1.82) is 0 Å². The highest BCUT2D eigenvalue weighted by Crippen LogP contribution is 2.40. The molecule has 140 valence electrons. The van der Waals surface area contributed by atoms with Crippen molar-refractivity contribution in [3.63, 3.8) is 0 Å². The van der Waals surface area contributed by atoms with Gasteiger partial charge in [-0.15, -0.1) is 5.10 Å². The van der Waals surface area contributed by atoms with Crippen LogP contribution in [0.1, 0.15) is 35.8 Å². The Morgan fingerprint density at radius 1 is 1.11 bits per heavy atom. The first-order valence-electron chi connectivity index (χ1n) is 9.31. The van der Waals surface area contributed by atoms with E-state index in [-0.39, 0.29) is 5.56 Å². The quantitative estimate of drug-likeness (QED) is 0.486. The Morgan fingerprint density at radius 2 is 1.93 bits per heavy atom. The van der Waals surface area contributed by atoms with Gasteiger partial charge < -0.3 is 0 Å². The van der Waals surface area contributed by atoms with Crippen molar-refractivity contribution in [2.24, 2.45) is 0 Å². The lowest BCUT2D eigenvalue weighted by molar-refractivity contribution is 0.782. The molecule has 0 atom stereocenters. The maximum atomic E-state index is 12.3. The molecule has 6 nitrogen and oxygen atoms in total. The van der Waals surface area contributed by atoms with Crippen molar-refractivity contribution in [2.45, 2.75) is 36.6 Å². The highest BCUT2D eigenvalue weighted by molar-refractivity contribution is 7.98. The Morgan fingerprint density at radius 3 is 2.71 bits per heavy atom. The van der Waals surface area contributed by atoms with Crippen LogP contribution in [-0.2, 0) is 5.75 Å². The lowest BCUT2D eigenvalue weighted by Gasteiger charge is -2.04. The normalized spacial score (nSPS) is 13.9. The van der Waals surface area contributed by atoms with E-state index >= 15 is 0 Å². The minimum atomic E-state index is -0.0676. The van der Waals surface area contributed by atoms with Gasteiger partial charge in [0.25, 0.3) is 5.56 Å². The van der Waals surface area contributed by atoms with Crippen LogP contribution in [0.15, 0.2) is 64.7 Å². The average molecular weight is 389 g/mol. The van der Waals surface area contributed by atoms with Gasteiger partial charge in [-0.25, -0.2) is 14.6 Å². The molecule has 0 bridgehead atoms. The smallest absolute Gasteiger partial charge is 0.258 e. The van der Waals surface area contributed by atoms with Crippen LogP contribution in [0.2, 0.25) is 0 Å². The second-order valence-corrected chi connectivity index (χ2v) is 8.02. The maximum absolute atomic E-state index is 12.3. The van der Waals surface area contributed by atoms with Crippen molar-refractivity contribution < 1.29 is 0 Å². The van der Waals surface area contributed by atoms with Gasteiger partial charge in [-0.05, 0) is 49.6 Å². The van der Waals surface area contributed by atoms with Gasteiger partial charge in [0, 0.05) is 23.9 Å². The molecule has 3 aromatic heterocycles. The Kier molecular flexibility index (Phi) is 4.24. The summed E-state index contributed by atoms with van der Waals surface area (Å²) in [5.41, 5.74) is 3.45. The number of para-hydroxylation sites is 1. The predicted molar refractivity (Wildman–Crippen MR) is 109 cm³/mol. The fraction of sp³-hybridized carbons (Fsp3) is 0.238. The maximum Gasteiger partial charge on any atom is 0.258 e. The highest BCUT2D eigenvalue weighted by atomic mass is 32.2. The molecular formula is C21H19N5OS. The summed E-state index contributed by atoms with van der Waals surface area (Å²) in [5.74, 6) is 2.08. The number of pyridine rings is 1. The second kappa shape index (κ2) is 6.91. The Balaban J connectivity index is 1.43. The molecule has 0 aliphatic heterocycles. The van der Waals surface area contributed by atoms with E-state index in [4.69, 9.17) is 10.1 Å².